The molecule has 0 spiro atoms. The highest BCUT2D eigenvalue weighted by atomic mass is 16.4. The van der Waals surface area contributed by atoms with Crippen molar-refractivity contribution in [3.8, 4) is 0 Å². The molecule has 3 saturated carbocycles. The summed E-state index contributed by atoms with van der Waals surface area (Å²) in [7, 11) is 0. The maximum Gasteiger partial charge on any atom is 0.335 e. The van der Waals surface area contributed by atoms with E-state index in [2.05, 4.69) is 75.3 Å². The van der Waals surface area contributed by atoms with E-state index in [4.69, 9.17) is 0 Å². The molecule has 3 fully saturated rings. The molecule has 0 bridgehead atoms. The second-order valence-electron chi connectivity index (χ2n) is 17.4. The van der Waals surface area contributed by atoms with Crippen LogP contribution in [0, 0.1) is 51.2 Å². The van der Waals surface area contributed by atoms with Gasteiger partial charge in [0.1, 0.15) is 0 Å². The predicted octanol–water partition coefficient (Wildman–Crippen LogP) is 9.91. The van der Waals surface area contributed by atoms with Gasteiger partial charge in [-0.15, -0.1) is 0 Å². The van der Waals surface area contributed by atoms with Gasteiger partial charge in [0.05, 0.1) is 11.9 Å². The highest BCUT2D eigenvalue weighted by Crippen LogP contribution is 2.71. The molecule has 0 radical (unpaired) electrons. The summed E-state index contributed by atoms with van der Waals surface area (Å²) < 4.78 is 2.18. The molecule has 1 heterocycles. The Balaban J connectivity index is 1.20. The van der Waals surface area contributed by atoms with Crippen molar-refractivity contribution in [2.24, 2.45) is 51.2 Å². The molecule has 4 aliphatic carbocycles. The molecule has 0 amide bonds. The average Bonchev–Trinajstić information content (AvgIpc) is 3.69. The number of allylic oxidation sites excluding steroid dienone is 3. The van der Waals surface area contributed by atoms with Crippen molar-refractivity contribution in [3.05, 3.63) is 72.3 Å². The minimum Gasteiger partial charge on any atom is -0.478 e. The van der Waals surface area contributed by atoms with Gasteiger partial charge in [0.25, 0.3) is 0 Å². The van der Waals surface area contributed by atoms with Gasteiger partial charge in [-0.2, -0.15) is 0 Å². The molecule has 6 rings (SSSR count). The third kappa shape index (κ3) is 6.08. The Hall–Kier alpha value is -2.66. The SMILES string of the molecule is C=C(C)C1CCC2(CNCCn3ccnc3)CCC3(C)C(CCCC3(C)CCC3C(C)CC=C(c4ccc(C(=O)O)cc4)C3(C)C)C12. The highest BCUT2D eigenvalue weighted by Gasteiger charge is 2.63. The fraction of sp³-hybridized carbons (Fsp3) is 0.667. The van der Waals surface area contributed by atoms with Crippen LogP contribution in [0.5, 0.6) is 0 Å². The fourth-order valence-electron chi connectivity index (χ4n) is 11.8. The molecule has 5 heteroatoms. The Morgan fingerprint density at radius 2 is 1.85 bits per heavy atom. The normalized spacial score (nSPS) is 36.3. The summed E-state index contributed by atoms with van der Waals surface area (Å²) in [6.07, 6.45) is 21.4. The largest absolute Gasteiger partial charge is 0.478 e. The molecule has 5 nitrogen and oxygen atoms in total. The van der Waals surface area contributed by atoms with Gasteiger partial charge >= 0.3 is 5.97 Å². The smallest absolute Gasteiger partial charge is 0.335 e. The van der Waals surface area contributed by atoms with Gasteiger partial charge in [-0.25, -0.2) is 9.78 Å². The Labute approximate surface area is 284 Å². The predicted molar refractivity (Wildman–Crippen MR) is 193 cm³/mol. The van der Waals surface area contributed by atoms with Gasteiger partial charge in [-0.1, -0.05) is 71.4 Å². The van der Waals surface area contributed by atoms with E-state index in [1.54, 1.807) is 12.1 Å². The number of carboxylic acid groups (broad SMARTS) is 1. The van der Waals surface area contributed by atoms with Crippen molar-refractivity contribution in [1.29, 1.82) is 0 Å². The first-order chi connectivity index (χ1) is 22.3. The first kappa shape index (κ1) is 34.2. The van der Waals surface area contributed by atoms with E-state index in [-0.39, 0.29) is 5.41 Å². The fourth-order valence-corrected chi connectivity index (χ4v) is 11.8. The maximum atomic E-state index is 11.5. The number of hydrogen-bond acceptors (Lipinski definition) is 3. The Morgan fingerprint density at radius 1 is 1.09 bits per heavy atom. The van der Waals surface area contributed by atoms with Crippen molar-refractivity contribution in [2.45, 2.75) is 112 Å². The van der Waals surface area contributed by atoms with E-state index < -0.39 is 5.97 Å². The van der Waals surface area contributed by atoms with Crippen LogP contribution in [-0.2, 0) is 6.54 Å². The number of nitrogens with one attached hydrogen (secondary N) is 1. The lowest BCUT2D eigenvalue weighted by Crippen LogP contribution is -2.58. The number of imidazole rings is 1. The lowest BCUT2D eigenvalue weighted by atomic mass is 9.41. The summed E-state index contributed by atoms with van der Waals surface area (Å²) in [5, 5.41) is 13.4. The molecule has 0 aliphatic heterocycles. The minimum atomic E-state index is -0.860. The van der Waals surface area contributed by atoms with Crippen LogP contribution < -0.4 is 5.32 Å². The number of rotatable bonds is 11. The molecule has 47 heavy (non-hydrogen) atoms. The molecule has 1 aromatic carbocycles. The number of carboxylic acids is 1. The molecule has 1 aromatic heterocycles. The molecule has 256 valence electrons. The molecule has 2 N–H and O–H groups in total. The van der Waals surface area contributed by atoms with Crippen molar-refractivity contribution >= 4 is 11.5 Å². The second kappa shape index (κ2) is 13.0. The lowest BCUT2D eigenvalue weighted by Gasteiger charge is -2.64. The zero-order valence-corrected chi connectivity index (χ0v) is 30.2. The molecule has 0 saturated heterocycles. The number of aromatic carboxylic acids is 1. The third-order valence-corrected chi connectivity index (χ3v) is 14.8. The van der Waals surface area contributed by atoms with Crippen LogP contribution in [0.4, 0.5) is 0 Å². The molecule has 8 unspecified atom stereocenters. The van der Waals surface area contributed by atoms with Crippen LogP contribution in [0.25, 0.3) is 5.57 Å². The molecule has 4 aliphatic rings. The van der Waals surface area contributed by atoms with Crippen molar-refractivity contribution in [1.82, 2.24) is 14.9 Å². The van der Waals surface area contributed by atoms with E-state index >= 15 is 0 Å². The Bertz CT molecular complexity index is 1460. The summed E-state index contributed by atoms with van der Waals surface area (Å²) in [6.45, 7) is 22.8. The van der Waals surface area contributed by atoms with Gasteiger partial charge in [-0.05, 0) is 139 Å². The standard InChI is InChI=1S/C42H61N3O2/c1-29(2)33-16-20-42(27-43-23-25-45-26-24-44-28-45)22-21-41(7)36(37(33)42)9-8-18-40(41,6)19-17-34-30(3)10-15-35(39(34,4)5)31-11-13-32(14-12-31)38(46)47/h11-15,24,26,28,30,33-34,36-37,43H,1,8-10,16-23,25,27H2,2-7H3,(H,46,47). The lowest BCUT2D eigenvalue weighted by molar-refractivity contribution is -0.143. The summed E-state index contributed by atoms with van der Waals surface area (Å²) in [6, 6.07) is 7.59. The molecular weight excluding hydrogens is 578 g/mol. The number of hydrogen-bond donors (Lipinski definition) is 2. The van der Waals surface area contributed by atoms with Gasteiger partial charge < -0.3 is 15.0 Å². The van der Waals surface area contributed by atoms with Crippen LogP contribution in [0.1, 0.15) is 122 Å². The van der Waals surface area contributed by atoms with Crippen LogP contribution >= 0.6 is 0 Å². The van der Waals surface area contributed by atoms with E-state index in [0.717, 1.165) is 37.9 Å². The van der Waals surface area contributed by atoms with E-state index in [9.17, 15) is 9.90 Å². The van der Waals surface area contributed by atoms with Crippen LogP contribution in [0.15, 0.2) is 61.2 Å². The summed E-state index contributed by atoms with van der Waals surface area (Å²) in [5.41, 5.74) is 5.46. The average molecular weight is 640 g/mol. The van der Waals surface area contributed by atoms with Crippen molar-refractivity contribution < 1.29 is 9.90 Å². The zero-order chi connectivity index (χ0) is 33.6. The quantitative estimate of drug-likeness (QED) is 0.190. The monoisotopic (exact) mass is 639 g/mol. The number of carbonyl (C=O) groups is 1. The molecule has 8 atom stereocenters. The van der Waals surface area contributed by atoms with E-state index in [0.29, 0.717) is 39.6 Å². The molecule has 2 aromatic rings. The zero-order valence-electron chi connectivity index (χ0n) is 30.2. The third-order valence-electron chi connectivity index (χ3n) is 14.8. The Morgan fingerprint density at radius 3 is 2.53 bits per heavy atom. The first-order valence-corrected chi connectivity index (χ1v) is 18.7. The van der Waals surface area contributed by atoms with Gasteiger partial charge in [0, 0.05) is 32.0 Å². The van der Waals surface area contributed by atoms with Crippen LogP contribution in [-0.4, -0.2) is 33.7 Å². The van der Waals surface area contributed by atoms with Crippen LogP contribution in [0.3, 0.4) is 0 Å². The number of aromatic nitrogens is 2. The van der Waals surface area contributed by atoms with Gasteiger partial charge in [0.15, 0.2) is 0 Å². The van der Waals surface area contributed by atoms with E-state index in [1.165, 1.54) is 74.5 Å². The summed E-state index contributed by atoms with van der Waals surface area (Å²) >= 11 is 0. The second-order valence-corrected chi connectivity index (χ2v) is 17.4. The van der Waals surface area contributed by atoms with Crippen molar-refractivity contribution in [2.75, 3.05) is 13.1 Å². The number of fused-ring (bicyclic) bond motifs is 3. The highest BCUT2D eigenvalue weighted by molar-refractivity contribution is 5.88. The molecular formula is C42H61N3O2. The maximum absolute atomic E-state index is 11.5. The summed E-state index contributed by atoms with van der Waals surface area (Å²) in [5.74, 6) is 2.51. The summed E-state index contributed by atoms with van der Waals surface area (Å²) in [4.78, 5) is 15.7. The van der Waals surface area contributed by atoms with E-state index in [1.807, 2.05) is 24.7 Å². The van der Waals surface area contributed by atoms with Crippen molar-refractivity contribution in [3.63, 3.8) is 0 Å². The van der Waals surface area contributed by atoms with Gasteiger partial charge in [-0.3, -0.25) is 0 Å². The topological polar surface area (TPSA) is 67.2 Å². The Kier molecular flexibility index (Phi) is 9.45. The number of benzene rings is 1. The minimum absolute atomic E-state index is 0.0361. The number of nitrogens with zero attached hydrogens (tertiary/aromatic N) is 2. The van der Waals surface area contributed by atoms with Crippen LogP contribution in [0.2, 0.25) is 0 Å². The first-order valence-electron chi connectivity index (χ1n) is 18.7. The van der Waals surface area contributed by atoms with Gasteiger partial charge in [0.2, 0.25) is 0 Å².